The van der Waals surface area contributed by atoms with Gasteiger partial charge in [0.25, 0.3) is 0 Å². The van der Waals surface area contributed by atoms with Crippen molar-refractivity contribution in [1.82, 2.24) is 0 Å². The van der Waals surface area contributed by atoms with Crippen molar-refractivity contribution < 1.29 is 17.9 Å². The summed E-state index contributed by atoms with van der Waals surface area (Å²) in [5, 5.41) is 0.791. The van der Waals surface area contributed by atoms with E-state index in [1.54, 1.807) is 0 Å². The van der Waals surface area contributed by atoms with Crippen molar-refractivity contribution in [3.8, 4) is 0 Å². The van der Waals surface area contributed by atoms with Crippen LogP contribution in [0.25, 0.3) is 0 Å². The fourth-order valence-electron chi connectivity index (χ4n) is 2.26. The zero-order valence-corrected chi connectivity index (χ0v) is 13.1. The van der Waals surface area contributed by atoms with Crippen LogP contribution in [-0.2, 0) is 10.2 Å². The molecule has 1 nitrogen and oxygen atoms in total. The van der Waals surface area contributed by atoms with Gasteiger partial charge in [0, 0.05) is 17.4 Å². The van der Waals surface area contributed by atoms with Gasteiger partial charge in [-0.05, 0) is 24.8 Å². The van der Waals surface area contributed by atoms with Gasteiger partial charge in [0.1, 0.15) is 6.61 Å². The highest BCUT2D eigenvalue weighted by Crippen LogP contribution is 2.34. The summed E-state index contributed by atoms with van der Waals surface area (Å²) in [6.45, 7) is 1.08. The van der Waals surface area contributed by atoms with Crippen LogP contribution in [0.1, 0.15) is 31.7 Å². The predicted molar refractivity (Wildman–Crippen MR) is 78.3 cm³/mol. The number of hydrogen-bond acceptors (Lipinski definition) is 1. The summed E-state index contributed by atoms with van der Waals surface area (Å²) in [5.41, 5.74) is 1.18. The molecule has 1 atom stereocenters. The first kappa shape index (κ1) is 17.5. The van der Waals surface area contributed by atoms with Gasteiger partial charge in [0.05, 0.1) is 0 Å². The highest BCUT2D eigenvalue weighted by Gasteiger charge is 2.29. The van der Waals surface area contributed by atoms with Gasteiger partial charge < -0.3 is 4.74 Å². The summed E-state index contributed by atoms with van der Waals surface area (Å²) in [4.78, 5) is 0. The number of halogens is 4. The second-order valence-electron chi connectivity index (χ2n) is 4.90. The Labute approximate surface area is 126 Å². The van der Waals surface area contributed by atoms with Crippen molar-refractivity contribution in [2.45, 2.75) is 37.8 Å². The van der Waals surface area contributed by atoms with E-state index >= 15 is 0 Å². The Bertz CT molecular complexity index is 374. The lowest BCUT2D eigenvalue weighted by Gasteiger charge is -2.31. The van der Waals surface area contributed by atoms with Crippen LogP contribution in [0.2, 0.25) is 0 Å². The third-order valence-corrected chi connectivity index (χ3v) is 4.60. The van der Waals surface area contributed by atoms with Crippen LogP contribution in [0.3, 0.4) is 0 Å². The fourth-order valence-corrected chi connectivity index (χ4v) is 3.26. The first-order chi connectivity index (χ1) is 9.43. The second-order valence-corrected chi connectivity index (χ2v) is 5.47. The van der Waals surface area contributed by atoms with E-state index in [4.69, 9.17) is 0 Å². The number of alkyl halides is 4. The van der Waals surface area contributed by atoms with E-state index in [0.29, 0.717) is 6.42 Å². The molecule has 0 aliphatic carbocycles. The van der Waals surface area contributed by atoms with Gasteiger partial charge >= 0.3 is 6.18 Å². The lowest BCUT2D eigenvalue weighted by atomic mass is 9.76. The monoisotopic (exact) mass is 352 g/mol. The van der Waals surface area contributed by atoms with E-state index in [1.165, 1.54) is 5.56 Å². The van der Waals surface area contributed by atoms with Gasteiger partial charge in [0.2, 0.25) is 0 Å². The first-order valence-corrected chi connectivity index (χ1v) is 7.82. The molecule has 0 bridgehead atoms. The summed E-state index contributed by atoms with van der Waals surface area (Å²) in [6, 6.07) is 10.1. The van der Waals surface area contributed by atoms with Crippen LogP contribution in [0.4, 0.5) is 13.2 Å². The molecule has 0 radical (unpaired) electrons. The van der Waals surface area contributed by atoms with Crippen molar-refractivity contribution in [2.75, 3.05) is 18.5 Å². The second kappa shape index (κ2) is 8.03. The zero-order valence-electron chi connectivity index (χ0n) is 11.5. The molecule has 0 aromatic heterocycles. The Kier molecular flexibility index (Phi) is 7.03. The van der Waals surface area contributed by atoms with Crippen molar-refractivity contribution in [3.05, 3.63) is 35.9 Å². The molecule has 0 fully saturated rings. The summed E-state index contributed by atoms with van der Waals surface area (Å²) < 4.78 is 40.6. The average Bonchev–Trinajstić information content (AvgIpc) is 2.43. The molecule has 0 aliphatic heterocycles. The topological polar surface area (TPSA) is 9.23 Å². The van der Waals surface area contributed by atoms with Crippen LogP contribution in [-0.4, -0.2) is 24.7 Å². The molecule has 5 heteroatoms. The first-order valence-electron chi connectivity index (χ1n) is 6.69. The molecule has 1 aromatic carbocycles. The molecule has 0 N–H and O–H groups in total. The quantitative estimate of drug-likeness (QED) is 0.467. The number of rotatable bonds is 8. The van der Waals surface area contributed by atoms with Gasteiger partial charge in [-0.25, -0.2) is 0 Å². The molecule has 0 amide bonds. The van der Waals surface area contributed by atoms with E-state index in [2.05, 4.69) is 39.7 Å². The smallest absolute Gasteiger partial charge is 0.372 e. The van der Waals surface area contributed by atoms with Crippen LogP contribution in [0.15, 0.2) is 30.3 Å². The molecule has 1 aromatic rings. The van der Waals surface area contributed by atoms with E-state index < -0.39 is 12.8 Å². The lowest BCUT2D eigenvalue weighted by molar-refractivity contribution is -0.174. The van der Waals surface area contributed by atoms with Gasteiger partial charge in [-0.2, -0.15) is 13.2 Å². The summed E-state index contributed by atoms with van der Waals surface area (Å²) in [5.74, 6) is 0. The summed E-state index contributed by atoms with van der Waals surface area (Å²) in [7, 11) is 0. The van der Waals surface area contributed by atoms with Gasteiger partial charge in [-0.1, -0.05) is 53.2 Å². The molecule has 0 saturated carbocycles. The number of benzene rings is 1. The molecular weight excluding hydrogens is 333 g/mol. The van der Waals surface area contributed by atoms with Gasteiger partial charge in [0.15, 0.2) is 0 Å². The maximum Gasteiger partial charge on any atom is 0.411 e. The maximum atomic E-state index is 12.0. The Morgan fingerprint density at radius 2 is 1.80 bits per heavy atom. The summed E-state index contributed by atoms with van der Waals surface area (Å²) >= 11 is 3.55. The van der Waals surface area contributed by atoms with Crippen LogP contribution < -0.4 is 0 Å². The minimum Gasteiger partial charge on any atom is -0.372 e. The van der Waals surface area contributed by atoms with E-state index in [0.717, 1.165) is 18.2 Å². The molecule has 0 spiro atoms. The molecule has 20 heavy (non-hydrogen) atoms. The minimum absolute atomic E-state index is 0.0388. The molecule has 0 saturated heterocycles. The van der Waals surface area contributed by atoms with E-state index in [-0.39, 0.29) is 12.0 Å². The van der Waals surface area contributed by atoms with E-state index in [9.17, 15) is 13.2 Å². The third kappa shape index (κ3) is 5.44. The standard InChI is InChI=1S/C15H20BrF3O/c1-2-14(11-16,13-7-4-3-5-8-13)9-6-10-20-12-15(17,18)19/h3-5,7-8H,2,6,9-12H2,1H3. The molecule has 114 valence electrons. The highest BCUT2D eigenvalue weighted by atomic mass is 79.9. The zero-order chi connectivity index (χ0) is 15.1. The van der Waals surface area contributed by atoms with Gasteiger partial charge in [-0.15, -0.1) is 0 Å². The Morgan fingerprint density at radius 3 is 2.30 bits per heavy atom. The normalized spacial score (nSPS) is 15.1. The average molecular weight is 353 g/mol. The maximum absolute atomic E-state index is 12.0. The lowest BCUT2D eigenvalue weighted by Crippen LogP contribution is -2.28. The Morgan fingerprint density at radius 1 is 1.15 bits per heavy atom. The third-order valence-electron chi connectivity index (χ3n) is 3.53. The number of hydrogen-bond donors (Lipinski definition) is 0. The van der Waals surface area contributed by atoms with Crippen molar-refractivity contribution in [1.29, 1.82) is 0 Å². The predicted octanol–water partition coefficient (Wildman–Crippen LogP) is 5.09. The molecule has 0 aliphatic rings. The van der Waals surface area contributed by atoms with Crippen LogP contribution >= 0.6 is 15.9 Å². The van der Waals surface area contributed by atoms with Crippen LogP contribution in [0.5, 0.6) is 0 Å². The van der Waals surface area contributed by atoms with Crippen molar-refractivity contribution in [2.24, 2.45) is 0 Å². The highest BCUT2D eigenvalue weighted by molar-refractivity contribution is 9.09. The van der Waals surface area contributed by atoms with Crippen molar-refractivity contribution >= 4 is 15.9 Å². The summed E-state index contributed by atoms with van der Waals surface area (Å²) in [6.07, 6.45) is -1.89. The Balaban J connectivity index is 2.52. The number of ether oxygens (including phenoxy) is 1. The molecule has 1 rings (SSSR count). The van der Waals surface area contributed by atoms with Gasteiger partial charge in [-0.3, -0.25) is 0 Å². The molecule has 0 heterocycles. The van der Waals surface area contributed by atoms with Crippen LogP contribution in [0, 0.1) is 0 Å². The Hall–Kier alpha value is -0.550. The van der Waals surface area contributed by atoms with E-state index in [1.807, 2.05) is 18.2 Å². The largest absolute Gasteiger partial charge is 0.411 e. The SMILES string of the molecule is CCC(CBr)(CCCOCC(F)(F)F)c1ccccc1. The molecule has 1 unspecified atom stereocenters. The molecular formula is C15H20BrF3O. The minimum atomic E-state index is -4.24. The fraction of sp³-hybridized carbons (Fsp3) is 0.600. The van der Waals surface area contributed by atoms with Crippen molar-refractivity contribution in [3.63, 3.8) is 0 Å².